The van der Waals surface area contributed by atoms with E-state index in [4.69, 9.17) is 5.11 Å². The molecule has 1 amide bonds. The van der Waals surface area contributed by atoms with Crippen LogP contribution in [0.1, 0.15) is 37.7 Å². The summed E-state index contributed by atoms with van der Waals surface area (Å²) in [6.45, 7) is 0.554. The Morgan fingerprint density at radius 1 is 1.19 bits per heavy atom. The van der Waals surface area contributed by atoms with E-state index in [0.717, 1.165) is 19.3 Å². The van der Waals surface area contributed by atoms with Crippen molar-refractivity contribution in [3.05, 3.63) is 34.1 Å². The molecule has 0 radical (unpaired) electrons. The number of amides is 1. The lowest BCUT2D eigenvalue weighted by Gasteiger charge is -2.07. The number of aliphatic carboxylic acids is 1. The maximum atomic E-state index is 13.1. The van der Waals surface area contributed by atoms with E-state index in [-0.39, 0.29) is 24.6 Å². The molecule has 6 heteroatoms. The number of hydrogen-bond acceptors (Lipinski definition) is 2. The summed E-state index contributed by atoms with van der Waals surface area (Å²) in [6.07, 6.45) is 3.54. The van der Waals surface area contributed by atoms with E-state index < -0.39 is 5.97 Å². The fourth-order valence-electron chi connectivity index (χ4n) is 1.90. The first kappa shape index (κ1) is 17.6. The molecule has 21 heavy (non-hydrogen) atoms. The highest BCUT2D eigenvalue weighted by Gasteiger charge is 2.07. The molecule has 0 aromatic heterocycles. The molecule has 0 bridgehead atoms. The summed E-state index contributed by atoms with van der Waals surface area (Å²) in [5.41, 5.74) is 0.619. The molecule has 2 N–H and O–H groups in total. The molecule has 0 saturated heterocycles. The van der Waals surface area contributed by atoms with Crippen molar-refractivity contribution in [2.75, 3.05) is 6.54 Å². The normalized spacial score (nSPS) is 10.4. The molecule has 0 spiro atoms. The summed E-state index contributed by atoms with van der Waals surface area (Å²) in [5.74, 6) is -1.28. The zero-order valence-corrected chi connectivity index (χ0v) is 13.3. The Bertz CT molecular complexity index is 494. The standard InChI is InChI=1S/C15H19BrFNO3/c16-13-7-6-12(17)9-11(13)10-14(19)18-8-4-2-1-3-5-15(20)21/h6-7,9H,1-5,8,10H2,(H,18,19)(H,20,21). The van der Waals surface area contributed by atoms with Crippen LogP contribution in [0.4, 0.5) is 4.39 Å². The van der Waals surface area contributed by atoms with Gasteiger partial charge in [0.1, 0.15) is 5.82 Å². The van der Waals surface area contributed by atoms with Gasteiger partial charge in [0.05, 0.1) is 6.42 Å². The third kappa shape index (κ3) is 7.80. The zero-order valence-electron chi connectivity index (χ0n) is 11.7. The van der Waals surface area contributed by atoms with Gasteiger partial charge in [-0.2, -0.15) is 0 Å². The van der Waals surface area contributed by atoms with E-state index in [2.05, 4.69) is 21.2 Å². The third-order valence-corrected chi connectivity index (χ3v) is 3.77. The topological polar surface area (TPSA) is 66.4 Å². The Labute approximate surface area is 131 Å². The number of carboxylic acid groups (broad SMARTS) is 1. The molecule has 0 aliphatic heterocycles. The SMILES string of the molecule is O=C(O)CCCCCCNC(=O)Cc1cc(F)ccc1Br. The molecule has 0 aliphatic rings. The van der Waals surface area contributed by atoms with Crippen molar-refractivity contribution in [1.29, 1.82) is 0 Å². The number of benzene rings is 1. The lowest BCUT2D eigenvalue weighted by molar-refractivity contribution is -0.137. The number of nitrogens with one attached hydrogen (secondary N) is 1. The highest BCUT2D eigenvalue weighted by Crippen LogP contribution is 2.18. The number of carbonyl (C=O) groups excluding carboxylic acids is 1. The van der Waals surface area contributed by atoms with E-state index in [0.29, 0.717) is 23.0 Å². The summed E-state index contributed by atoms with van der Waals surface area (Å²) in [4.78, 5) is 22.0. The highest BCUT2D eigenvalue weighted by molar-refractivity contribution is 9.10. The largest absolute Gasteiger partial charge is 0.481 e. The van der Waals surface area contributed by atoms with E-state index in [1.807, 2.05) is 0 Å². The Morgan fingerprint density at radius 2 is 1.90 bits per heavy atom. The number of unbranched alkanes of at least 4 members (excludes halogenated alkanes) is 3. The molecule has 1 aromatic carbocycles. The Balaban J connectivity index is 2.17. The minimum atomic E-state index is -0.774. The van der Waals surface area contributed by atoms with Crippen molar-refractivity contribution in [3.8, 4) is 0 Å². The molecule has 0 atom stereocenters. The lowest BCUT2D eigenvalue weighted by atomic mass is 10.1. The number of carboxylic acids is 1. The van der Waals surface area contributed by atoms with Gasteiger partial charge in [-0.3, -0.25) is 9.59 Å². The van der Waals surface area contributed by atoms with Crippen LogP contribution in [-0.2, 0) is 16.0 Å². The van der Waals surface area contributed by atoms with Crippen molar-refractivity contribution in [3.63, 3.8) is 0 Å². The number of carbonyl (C=O) groups is 2. The van der Waals surface area contributed by atoms with Crippen molar-refractivity contribution >= 4 is 27.8 Å². The van der Waals surface area contributed by atoms with E-state index in [1.54, 1.807) is 6.07 Å². The smallest absolute Gasteiger partial charge is 0.303 e. The van der Waals surface area contributed by atoms with Crippen LogP contribution in [0.2, 0.25) is 0 Å². The van der Waals surface area contributed by atoms with Crippen LogP contribution < -0.4 is 5.32 Å². The van der Waals surface area contributed by atoms with Gasteiger partial charge in [-0.25, -0.2) is 4.39 Å². The second kappa shape index (κ2) is 9.50. The molecular formula is C15H19BrFNO3. The minimum absolute atomic E-state index is 0.136. The summed E-state index contributed by atoms with van der Waals surface area (Å²) in [5, 5.41) is 11.3. The number of hydrogen-bond donors (Lipinski definition) is 2. The van der Waals surface area contributed by atoms with E-state index in [1.165, 1.54) is 12.1 Å². The molecular weight excluding hydrogens is 341 g/mol. The fraction of sp³-hybridized carbons (Fsp3) is 0.467. The van der Waals surface area contributed by atoms with Gasteiger partial charge in [-0.1, -0.05) is 28.8 Å². The average Bonchev–Trinajstić information content (AvgIpc) is 2.41. The third-order valence-electron chi connectivity index (χ3n) is 3.00. The van der Waals surface area contributed by atoms with Gasteiger partial charge in [0, 0.05) is 17.4 Å². The van der Waals surface area contributed by atoms with Crippen LogP contribution in [0.25, 0.3) is 0 Å². The second-order valence-electron chi connectivity index (χ2n) is 4.82. The monoisotopic (exact) mass is 359 g/mol. The van der Waals surface area contributed by atoms with Gasteiger partial charge >= 0.3 is 5.97 Å². The summed E-state index contributed by atoms with van der Waals surface area (Å²) >= 11 is 3.29. The van der Waals surface area contributed by atoms with Crippen LogP contribution in [0.3, 0.4) is 0 Å². The summed E-state index contributed by atoms with van der Waals surface area (Å²) < 4.78 is 13.8. The van der Waals surface area contributed by atoms with Crippen molar-refractivity contribution in [2.24, 2.45) is 0 Å². The van der Waals surface area contributed by atoms with Gasteiger partial charge in [0.15, 0.2) is 0 Å². The number of halogens is 2. The molecule has 0 heterocycles. The quantitative estimate of drug-likeness (QED) is 0.665. The van der Waals surface area contributed by atoms with Crippen molar-refractivity contribution in [1.82, 2.24) is 5.32 Å². The van der Waals surface area contributed by atoms with Crippen LogP contribution in [-0.4, -0.2) is 23.5 Å². The van der Waals surface area contributed by atoms with E-state index in [9.17, 15) is 14.0 Å². The molecule has 0 saturated carbocycles. The van der Waals surface area contributed by atoms with Crippen molar-refractivity contribution in [2.45, 2.75) is 38.5 Å². The molecule has 1 rings (SSSR count). The second-order valence-corrected chi connectivity index (χ2v) is 5.67. The first-order valence-electron chi connectivity index (χ1n) is 6.91. The van der Waals surface area contributed by atoms with Gasteiger partial charge in [-0.15, -0.1) is 0 Å². The summed E-state index contributed by atoms with van der Waals surface area (Å²) in [7, 11) is 0. The molecule has 0 unspecified atom stereocenters. The van der Waals surface area contributed by atoms with Crippen LogP contribution in [0, 0.1) is 5.82 Å². The molecule has 0 aliphatic carbocycles. The van der Waals surface area contributed by atoms with Crippen molar-refractivity contribution < 1.29 is 19.1 Å². The zero-order chi connectivity index (χ0) is 15.7. The first-order chi connectivity index (χ1) is 9.99. The Kier molecular flexibility index (Phi) is 7.97. The molecule has 4 nitrogen and oxygen atoms in total. The van der Waals surface area contributed by atoms with Gasteiger partial charge in [0.25, 0.3) is 0 Å². The summed E-state index contributed by atoms with van der Waals surface area (Å²) in [6, 6.07) is 4.26. The molecule has 116 valence electrons. The Morgan fingerprint density at radius 3 is 2.62 bits per heavy atom. The predicted octanol–water partition coefficient (Wildman–Crippen LogP) is 3.28. The first-order valence-corrected chi connectivity index (χ1v) is 7.71. The lowest BCUT2D eigenvalue weighted by Crippen LogP contribution is -2.26. The average molecular weight is 360 g/mol. The van der Waals surface area contributed by atoms with Gasteiger partial charge in [0.2, 0.25) is 5.91 Å². The minimum Gasteiger partial charge on any atom is -0.481 e. The van der Waals surface area contributed by atoms with Gasteiger partial charge < -0.3 is 10.4 Å². The van der Waals surface area contributed by atoms with Gasteiger partial charge in [-0.05, 0) is 36.6 Å². The molecule has 1 aromatic rings. The maximum absolute atomic E-state index is 13.1. The fourth-order valence-corrected chi connectivity index (χ4v) is 2.28. The van der Waals surface area contributed by atoms with Crippen LogP contribution in [0.5, 0.6) is 0 Å². The predicted molar refractivity (Wildman–Crippen MR) is 81.5 cm³/mol. The highest BCUT2D eigenvalue weighted by atomic mass is 79.9. The van der Waals surface area contributed by atoms with Crippen LogP contribution >= 0.6 is 15.9 Å². The van der Waals surface area contributed by atoms with Crippen LogP contribution in [0.15, 0.2) is 22.7 Å². The Hall–Kier alpha value is -1.43. The molecule has 0 fully saturated rings. The maximum Gasteiger partial charge on any atom is 0.303 e. The van der Waals surface area contributed by atoms with E-state index >= 15 is 0 Å². The number of rotatable bonds is 9.